The zero-order chi connectivity index (χ0) is 24.9. The number of hydrogen-bond acceptors (Lipinski definition) is 6. The number of piperazine rings is 1. The standard InChI is InChI=1S/C25H28FN7S2/c1-16-11-17(26)13-20(12-16)35-21-14-22(23(27)29-15-21)24(28)31-25(34)30-18-3-5-19(6-4-18)33-9-7-32(2)8-10-33/h3-6,11-15H,7-10H2,1-2H3,(H2,27,29)(H3,28,30,31,34). The molecule has 7 nitrogen and oxygen atoms in total. The lowest BCUT2D eigenvalue weighted by atomic mass is 10.2. The minimum Gasteiger partial charge on any atom is -0.383 e. The van der Waals surface area contributed by atoms with Crippen molar-refractivity contribution in [2.45, 2.75) is 16.7 Å². The second kappa shape index (κ2) is 11.0. The molecule has 10 heteroatoms. The first-order chi connectivity index (χ1) is 16.8. The number of thiocarbonyl (C=S) groups is 1. The Bertz CT molecular complexity index is 1220. The van der Waals surface area contributed by atoms with E-state index in [2.05, 4.69) is 44.3 Å². The molecule has 182 valence electrons. The Morgan fingerprint density at radius 1 is 1.09 bits per heavy atom. The number of aromatic nitrogens is 1. The zero-order valence-electron chi connectivity index (χ0n) is 19.7. The van der Waals surface area contributed by atoms with Gasteiger partial charge in [-0.3, -0.25) is 0 Å². The van der Waals surface area contributed by atoms with Gasteiger partial charge in [0.2, 0.25) is 0 Å². The Labute approximate surface area is 214 Å². The number of aliphatic imine (C=N–C) groups is 1. The molecule has 1 aromatic heterocycles. The van der Waals surface area contributed by atoms with Crippen LogP contribution in [0.15, 0.2) is 69.5 Å². The maximum absolute atomic E-state index is 13.7. The number of likely N-dealkylation sites (N-methyl/N-ethyl adjacent to an activating group) is 1. The Kier molecular flexibility index (Phi) is 7.84. The zero-order valence-corrected chi connectivity index (χ0v) is 21.3. The van der Waals surface area contributed by atoms with Crippen molar-refractivity contribution in [3.05, 3.63) is 71.7 Å². The first-order valence-corrected chi connectivity index (χ1v) is 12.4. The predicted molar refractivity (Wildman–Crippen MR) is 147 cm³/mol. The van der Waals surface area contributed by atoms with Gasteiger partial charge < -0.3 is 26.6 Å². The molecule has 5 N–H and O–H groups in total. The quantitative estimate of drug-likeness (QED) is 0.269. The molecule has 0 amide bonds. The third-order valence-corrected chi connectivity index (χ3v) is 6.75. The van der Waals surface area contributed by atoms with E-state index in [4.69, 9.17) is 23.7 Å². The minimum atomic E-state index is -0.287. The van der Waals surface area contributed by atoms with Crippen LogP contribution in [0, 0.1) is 12.7 Å². The molecule has 1 aliphatic heterocycles. The fourth-order valence-electron chi connectivity index (χ4n) is 3.76. The van der Waals surface area contributed by atoms with Crippen LogP contribution in [0.2, 0.25) is 0 Å². The summed E-state index contributed by atoms with van der Waals surface area (Å²) < 4.78 is 13.7. The van der Waals surface area contributed by atoms with Crippen molar-refractivity contribution in [1.82, 2.24) is 9.88 Å². The van der Waals surface area contributed by atoms with Crippen molar-refractivity contribution in [3.8, 4) is 0 Å². The summed E-state index contributed by atoms with van der Waals surface area (Å²) in [6.07, 6.45) is 1.62. The van der Waals surface area contributed by atoms with Gasteiger partial charge in [0.15, 0.2) is 5.11 Å². The van der Waals surface area contributed by atoms with Crippen molar-refractivity contribution >= 4 is 52.1 Å². The third-order valence-electron chi connectivity index (χ3n) is 5.63. The summed E-state index contributed by atoms with van der Waals surface area (Å²) >= 11 is 6.76. The number of nitrogens with one attached hydrogen (secondary N) is 1. The second-order valence-electron chi connectivity index (χ2n) is 8.43. The average Bonchev–Trinajstić information content (AvgIpc) is 2.80. The van der Waals surface area contributed by atoms with Crippen LogP contribution >= 0.6 is 24.0 Å². The molecule has 3 aromatic rings. The topological polar surface area (TPSA) is 95.8 Å². The van der Waals surface area contributed by atoms with Crippen LogP contribution in [-0.4, -0.2) is 54.1 Å². The molecule has 0 bridgehead atoms. The molecule has 0 radical (unpaired) electrons. The lowest BCUT2D eigenvalue weighted by Crippen LogP contribution is -2.44. The van der Waals surface area contributed by atoms with E-state index in [-0.39, 0.29) is 22.6 Å². The lowest BCUT2D eigenvalue weighted by molar-refractivity contribution is 0.313. The number of aryl methyl sites for hydroxylation is 1. The number of nitrogen functional groups attached to an aromatic ring is 1. The third kappa shape index (κ3) is 6.68. The molecule has 0 atom stereocenters. The van der Waals surface area contributed by atoms with Crippen LogP contribution in [0.3, 0.4) is 0 Å². The molecule has 1 fully saturated rings. The van der Waals surface area contributed by atoms with E-state index in [0.29, 0.717) is 5.56 Å². The fraction of sp³-hybridized carbons (Fsp3) is 0.240. The van der Waals surface area contributed by atoms with Crippen molar-refractivity contribution < 1.29 is 4.39 Å². The molecule has 0 unspecified atom stereocenters. The highest BCUT2D eigenvalue weighted by Crippen LogP contribution is 2.30. The van der Waals surface area contributed by atoms with Crippen LogP contribution < -0.4 is 21.7 Å². The number of benzene rings is 2. The summed E-state index contributed by atoms with van der Waals surface area (Å²) in [4.78, 5) is 14.7. The summed E-state index contributed by atoms with van der Waals surface area (Å²) in [6, 6.07) is 14.7. The largest absolute Gasteiger partial charge is 0.383 e. The van der Waals surface area contributed by atoms with E-state index in [9.17, 15) is 4.39 Å². The highest BCUT2D eigenvalue weighted by atomic mass is 32.2. The van der Waals surface area contributed by atoms with Gasteiger partial charge in [-0.25, -0.2) is 14.4 Å². The first-order valence-electron chi connectivity index (χ1n) is 11.2. The monoisotopic (exact) mass is 509 g/mol. The average molecular weight is 510 g/mol. The summed E-state index contributed by atoms with van der Waals surface area (Å²) in [7, 11) is 2.14. The van der Waals surface area contributed by atoms with E-state index in [1.165, 1.54) is 29.6 Å². The molecule has 0 aliphatic carbocycles. The minimum absolute atomic E-state index is 0.152. The molecule has 35 heavy (non-hydrogen) atoms. The number of pyridine rings is 1. The van der Waals surface area contributed by atoms with E-state index in [0.717, 1.165) is 47.2 Å². The Balaban J connectivity index is 1.43. The van der Waals surface area contributed by atoms with E-state index in [1.54, 1.807) is 12.3 Å². The fourth-order valence-corrected chi connectivity index (χ4v) is 4.94. The van der Waals surface area contributed by atoms with Crippen LogP contribution in [0.1, 0.15) is 11.1 Å². The van der Waals surface area contributed by atoms with Crippen molar-refractivity contribution in [2.24, 2.45) is 10.7 Å². The highest BCUT2D eigenvalue weighted by Gasteiger charge is 2.14. The number of nitrogens with zero attached hydrogens (tertiary/aromatic N) is 4. The maximum Gasteiger partial charge on any atom is 0.199 e. The highest BCUT2D eigenvalue weighted by molar-refractivity contribution is 7.99. The van der Waals surface area contributed by atoms with Gasteiger partial charge in [-0.05, 0) is 80.3 Å². The molecular weight excluding hydrogens is 481 g/mol. The number of rotatable bonds is 5. The van der Waals surface area contributed by atoms with E-state index in [1.807, 2.05) is 25.1 Å². The summed E-state index contributed by atoms with van der Waals surface area (Å²) in [5.74, 6) is 0.106. The number of hydrogen-bond donors (Lipinski definition) is 3. The van der Waals surface area contributed by atoms with Gasteiger partial charge >= 0.3 is 0 Å². The van der Waals surface area contributed by atoms with Crippen LogP contribution in [-0.2, 0) is 0 Å². The van der Waals surface area contributed by atoms with Crippen LogP contribution in [0.5, 0.6) is 0 Å². The molecule has 2 aromatic carbocycles. The number of halogens is 1. The van der Waals surface area contributed by atoms with Gasteiger partial charge in [0.1, 0.15) is 17.5 Å². The van der Waals surface area contributed by atoms with Gasteiger partial charge in [0.25, 0.3) is 0 Å². The molecule has 4 rings (SSSR count). The molecule has 0 saturated carbocycles. The van der Waals surface area contributed by atoms with Crippen LogP contribution in [0.25, 0.3) is 0 Å². The Morgan fingerprint density at radius 3 is 2.49 bits per heavy atom. The summed E-state index contributed by atoms with van der Waals surface area (Å²) in [5.41, 5.74) is 15.6. The number of nitrogens with two attached hydrogens (primary N) is 2. The smallest absolute Gasteiger partial charge is 0.199 e. The van der Waals surface area contributed by atoms with Gasteiger partial charge in [0, 0.05) is 53.5 Å². The van der Waals surface area contributed by atoms with E-state index >= 15 is 0 Å². The van der Waals surface area contributed by atoms with Crippen molar-refractivity contribution in [1.29, 1.82) is 0 Å². The maximum atomic E-state index is 13.7. The normalized spacial score (nSPS) is 14.7. The Morgan fingerprint density at radius 2 is 1.80 bits per heavy atom. The van der Waals surface area contributed by atoms with E-state index < -0.39 is 0 Å². The first kappa shape index (κ1) is 24.9. The molecule has 0 spiro atoms. The molecule has 1 saturated heterocycles. The summed E-state index contributed by atoms with van der Waals surface area (Å²) in [5, 5.41) is 3.31. The number of amidine groups is 1. The molecule has 1 aliphatic rings. The van der Waals surface area contributed by atoms with Gasteiger partial charge in [-0.1, -0.05) is 11.8 Å². The van der Waals surface area contributed by atoms with Gasteiger partial charge in [-0.2, -0.15) is 0 Å². The van der Waals surface area contributed by atoms with Gasteiger partial charge in [-0.15, -0.1) is 0 Å². The molecule has 2 heterocycles. The lowest BCUT2D eigenvalue weighted by Gasteiger charge is -2.34. The SMILES string of the molecule is Cc1cc(F)cc(Sc2cnc(N)c(C(N)=NC(=S)Nc3ccc(N4CCN(C)CC4)cc3)c2)c1. The summed E-state index contributed by atoms with van der Waals surface area (Å²) in [6.45, 7) is 5.97. The Hall–Kier alpha value is -3.21. The van der Waals surface area contributed by atoms with Crippen molar-refractivity contribution in [2.75, 3.05) is 49.2 Å². The predicted octanol–water partition coefficient (Wildman–Crippen LogP) is 4.12. The van der Waals surface area contributed by atoms with Crippen molar-refractivity contribution in [3.63, 3.8) is 0 Å². The van der Waals surface area contributed by atoms with Crippen LogP contribution in [0.4, 0.5) is 21.6 Å². The second-order valence-corrected chi connectivity index (χ2v) is 9.97. The molecular formula is C25H28FN7S2. The number of anilines is 3. The van der Waals surface area contributed by atoms with Gasteiger partial charge in [0.05, 0.1) is 5.56 Å².